The van der Waals surface area contributed by atoms with Crippen molar-refractivity contribution in [3.05, 3.63) is 46.2 Å². The molecule has 0 spiro atoms. The van der Waals surface area contributed by atoms with E-state index >= 15 is 0 Å². The second kappa shape index (κ2) is 6.91. The highest BCUT2D eigenvalue weighted by molar-refractivity contribution is 6.42. The number of carbonyl (C=O) groups excluding carboxylic acids is 1. The Morgan fingerprint density at radius 1 is 1.22 bits per heavy atom. The van der Waals surface area contributed by atoms with Crippen LogP contribution >= 0.6 is 23.2 Å². The molecule has 1 N–H and O–H groups in total. The molecule has 122 valence electrons. The Labute approximate surface area is 145 Å². The maximum Gasteiger partial charge on any atom is 0.274 e. The van der Waals surface area contributed by atoms with Crippen molar-refractivity contribution in [2.24, 2.45) is 0 Å². The number of nitrogens with one attached hydrogen (secondary N) is 1. The van der Waals surface area contributed by atoms with E-state index in [1.54, 1.807) is 29.1 Å². The van der Waals surface area contributed by atoms with Crippen LogP contribution in [0.4, 0.5) is 0 Å². The summed E-state index contributed by atoms with van der Waals surface area (Å²) in [6.07, 6.45) is 3.69. The maximum absolute atomic E-state index is 12.5. The monoisotopic (exact) mass is 352 g/mol. The zero-order valence-electron chi connectivity index (χ0n) is 12.8. The van der Waals surface area contributed by atoms with Crippen molar-refractivity contribution < 1.29 is 4.79 Å². The van der Waals surface area contributed by atoms with Crippen LogP contribution in [-0.4, -0.2) is 46.8 Å². The topological polar surface area (TPSA) is 50.2 Å². The number of rotatable bonds is 3. The van der Waals surface area contributed by atoms with Crippen molar-refractivity contribution in [1.29, 1.82) is 0 Å². The Balaban J connectivity index is 1.74. The quantitative estimate of drug-likeness (QED) is 0.923. The van der Waals surface area contributed by atoms with E-state index in [4.69, 9.17) is 23.2 Å². The third-order valence-corrected chi connectivity index (χ3v) is 4.91. The predicted octanol–water partition coefficient (Wildman–Crippen LogP) is 3.00. The molecule has 1 aliphatic rings. The van der Waals surface area contributed by atoms with Crippen molar-refractivity contribution in [1.82, 2.24) is 20.0 Å². The Hall–Kier alpha value is -1.56. The second-order valence-electron chi connectivity index (χ2n) is 5.60. The minimum Gasteiger partial charge on any atom is -0.337 e. The van der Waals surface area contributed by atoms with Gasteiger partial charge in [-0.25, -0.2) is 4.68 Å². The molecule has 1 aromatic carbocycles. The van der Waals surface area contributed by atoms with Crippen LogP contribution in [0.15, 0.2) is 30.5 Å². The van der Waals surface area contributed by atoms with E-state index in [1.165, 1.54) is 0 Å². The first-order chi connectivity index (χ1) is 11.1. The number of halogens is 2. The number of hydrogen-bond donors (Lipinski definition) is 1. The molecule has 3 rings (SSSR count). The molecule has 0 aliphatic carbocycles. The van der Waals surface area contributed by atoms with Crippen LogP contribution in [0.1, 0.15) is 23.3 Å². The average Bonchev–Trinajstić information content (AvgIpc) is 3.07. The van der Waals surface area contributed by atoms with Crippen LogP contribution < -0.4 is 5.32 Å². The Kier molecular flexibility index (Phi) is 4.90. The summed E-state index contributed by atoms with van der Waals surface area (Å²) in [5.41, 5.74) is 1.21. The molecule has 1 aromatic heterocycles. The standard InChI is InChI=1S/C16H18Cl2N4O/c1-19-11-4-7-21(8-5-11)16(23)15-6-9-22(20-15)12-2-3-13(17)14(18)10-12/h2-3,6,9-11,19H,4-5,7-8H2,1H3. The number of nitrogens with zero attached hydrogens (tertiary/aromatic N) is 3. The van der Waals surface area contributed by atoms with Gasteiger partial charge in [0.25, 0.3) is 5.91 Å². The first-order valence-corrected chi connectivity index (χ1v) is 8.31. The average molecular weight is 353 g/mol. The molecule has 0 atom stereocenters. The largest absolute Gasteiger partial charge is 0.337 e. The Morgan fingerprint density at radius 3 is 2.61 bits per heavy atom. The van der Waals surface area contributed by atoms with Gasteiger partial charge in [-0.15, -0.1) is 0 Å². The number of aromatic nitrogens is 2. The summed E-state index contributed by atoms with van der Waals surface area (Å²) < 4.78 is 1.63. The lowest BCUT2D eigenvalue weighted by molar-refractivity contribution is 0.0701. The normalized spacial score (nSPS) is 15.9. The van der Waals surface area contributed by atoms with Crippen LogP contribution in [0, 0.1) is 0 Å². The van der Waals surface area contributed by atoms with Crippen LogP contribution in [-0.2, 0) is 0 Å². The number of amides is 1. The zero-order chi connectivity index (χ0) is 16.4. The molecule has 0 radical (unpaired) electrons. The molecular formula is C16H18Cl2N4O. The van der Waals surface area contributed by atoms with Gasteiger partial charge in [-0.1, -0.05) is 23.2 Å². The van der Waals surface area contributed by atoms with E-state index in [-0.39, 0.29) is 5.91 Å². The van der Waals surface area contributed by atoms with E-state index in [2.05, 4.69) is 10.4 Å². The summed E-state index contributed by atoms with van der Waals surface area (Å²) in [5, 5.41) is 8.58. The van der Waals surface area contributed by atoms with Crippen LogP contribution in [0.25, 0.3) is 5.69 Å². The van der Waals surface area contributed by atoms with Gasteiger partial charge in [0.15, 0.2) is 5.69 Å². The molecule has 1 saturated heterocycles. The van der Waals surface area contributed by atoms with E-state index in [0.717, 1.165) is 31.6 Å². The molecule has 2 aromatic rings. The van der Waals surface area contributed by atoms with Gasteiger partial charge in [0.2, 0.25) is 0 Å². The van der Waals surface area contributed by atoms with Crippen LogP contribution in [0.3, 0.4) is 0 Å². The third kappa shape index (κ3) is 3.52. The summed E-state index contributed by atoms with van der Waals surface area (Å²) in [5.74, 6) is -0.0293. The lowest BCUT2D eigenvalue weighted by Crippen LogP contribution is -2.44. The molecule has 0 saturated carbocycles. The van der Waals surface area contributed by atoms with Gasteiger partial charge < -0.3 is 10.2 Å². The molecule has 0 unspecified atom stereocenters. The van der Waals surface area contributed by atoms with Gasteiger partial charge in [-0.05, 0) is 44.2 Å². The molecule has 0 bridgehead atoms. The minimum atomic E-state index is -0.0293. The van der Waals surface area contributed by atoms with Gasteiger partial charge in [0.1, 0.15) is 0 Å². The first-order valence-electron chi connectivity index (χ1n) is 7.56. The molecule has 1 amide bonds. The lowest BCUT2D eigenvalue weighted by Gasteiger charge is -2.31. The molecular weight excluding hydrogens is 335 g/mol. The molecule has 23 heavy (non-hydrogen) atoms. The Bertz CT molecular complexity index is 708. The van der Waals surface area contributed by atoms with Crippen LogP contribution in [0.5, 0.6) is 0 Å². The van der Waals surface area contributed by atoms with Crippen molar-refractivity contribution >= 4 is 29.1 Å². The highest BCUT2D eigenvalue weighted by Crippen LogP contribution is 2.24. The van der Waals surface area contributed by atoms with E-state index in [9.17, 15) is 4.79 Å². The minimum absolute atomic E-state index is 0.0293. The van der Waals surface area contributed by atoms with E-state index in [1.807, 2.05) is 18.0 Å². The van der Waals surface area contributed by atoms with Gasteiger partial charge in [0, 0.05) is 25.3 Å². The van der Waals surface area contributed by atoms with Crippen molar-refractivity contribution in [2.45, 2.75) is 18.9 Å². The van der Waals surface area contributed by atoms with Crippen LogP contribution in [0.2, 0.25) is 10.0 Å². The van der Waals surface area contributed by atoms with Gasteiger partial charge in [-0.3, -0.25) is 4.79 Å². The predicted molar refractivity (Wildman–Crippen MR) is 91.6 cm³/mol. The van der Waals surface area contributed by atoms with Gasteiger partial charge in [0.05, 0.1) is 15.7 Å². The maximum atomic E-state index is 12.5. The van der Waals surface area contributed by atoms with Gasteiger partial charge in [-0.2, -0.15) is 5.10 Å². The summed E-state index contributed by atoms with van der Waals surface area (Å²) in [7, 11) is 1.96. The number of carbonyl (C=O) groups is 1. The molecule has 2 heterocycles. The summed E-state index contributed by atoms with van der Waals surface area (Å²) >= 11 is 11.9. The highest BCUT2D eigenvalue weighted by atomic mass is 35.5. The molecule has 1 fully saturated rings. The molecule has 1 aliphatic heterocycles. The van der Waals surface area contributed by atoms with Crippen molar-refractivity contribution in [3.8, 4) is 5.69 Å². The third-order valence-electron chi connectivity index (χ3n) is 4.17. The Morgan fingerprint density at radius 2 is 1.96 bits per heavy atom. The number of piperidine rings is 1. The first kappa shape index (κ1) is 16.3. The number of likely N-dealkylation sites (tertiary alicyclic amines) is 1. The summed E-state index contributed by atoms with van der Waals surface area (Å²) in [6.45, 7) is 1.51. The van der Waals surface area contributed by atoms with E-state index < -0.39 is 0 Å². The van der Waals surface area contributed by atoms with E-state index in [0.29, 0.717) is 21.8 Å². The number of benzene rings is 1. The van der Waals surface area contributed by atoms with Crippen molar-refractivity contribution in [3.63, 3.8) is 0 Å². The summed E-state index contributed by atoms with van der Waals surface area (Å²) in [6, 6.07) is 7.48. The lowest BCUT2D eigenvalue weighted by atomic mass is 10.1. The zero-order valence-corrected chi connectivity index (χ0v) is 14.3. The SMILES string of the molecule is CNC1CCN(C(=O)c2ccn(-c3ccc(Cl)c(Cl)c3)n2)CC1. The van der Waals surface area contributed by atoms with Gasteiger partial charge >= 0.3 is 0 Å². The fourth-order valence-electron chi connectivity index (χ4n) is 2.74. The molecule has 5 nitrogen and oxygen atoms in total. The number of hydrogen-bond acceptors (Lipinski definition) is 3. The highest BCUT2D eigenvalue weighted by Gasteiger charge is 2.24. The second-order valence-corrected chi connectivity index (χ2v) is 6.41. The smallest absolute Gasteiger partial charge is 0.274 e. The fourth-order valence-corrected chi connectivity index (χ4v) is 3.03. The van der Waals surface area contributed by atoms with Crippen molar-refractivity contribution in [2.75, 3.05) is 20.1 Å². The summed E-state index contributed by atoms with van der Waals surface area (Å²) in [4.78, 5) is 14.4. The fraction of sp³-hybridized carbons (Fsp3) is 0.375. The molecule has 7 heteroatoms.